The summed E-state index contributed by atoms with van der Waals surface area (Å²) in [5.74, 6) is -0.977. The molecule has 0 radical (unpaired) electrons. The van der Waals surface area contributed by atoms with Crippen LogP contribution in [0.5, 0.6) is 0 Å². The van der Waals surface area contributed by atoms with Crippen molar-refractivity contribution in [3.05, 3.63) is 59.7 Å². The Labute approximate surface area is 132 Å². The molecule has 0 aromatic heterocycles. The third-order valence-electron chi connectivity index (χ3n) is 3.61. The van der Waals surface area contributed by atoms with Crippen molar-refractivity contribution < 1.29 is 19.1 Å². The summed E-state index contributed by atoms with van der Waals surface area (Å²) in [5, 5.41) is 0. The van der Waals surface area contributed by atoms with Gasteiger partial charge in [0.2, 0.25) is 5.78 Å². The van der Waals surface area contributed by atoms with Crippen molar-refractivity contribution >= 4 is 29.2 Å². The molecule has 0 fully saturated rings. The summed E-state index contributed by atoms with van der Waals surface area (Å²) in [6.45, 7) is 1.23. The number of nitrogens with zero attached hydrogens (tertiary/aromatic N) is 1. The molecule has 1 aliphatic rings. The average Bonchev–Trinajstić information content (AvgIpc) is 2.62. The molecule has 0 saturated carbocycles. The Bertz CT molecular complexity index is 816. The number of esters is 1. The number of hydrogen-bond donors (Lipinski definition) is 1. The molecule has 2 N–H and O–H groups in total. The number of Topliss-reactive ketones (excluding diaryl/α,β-unsaturated/α-hetero) is 1. The quantitative estimate of drug-likeness (QED) is 0.820. The molecule has 0 aliphatic carbocycles. The smallest absolute Gasteiger partial charge is 0.323 e. The Hall–Kier alpha value is -3.15. The molecule has 116 valence electrons. The van der Waals surface area contributed by atoms with Crippen molar-refractivity contribution in [2.24, 2.45) is 5.73 Å². The Morgan fingerprint density at radius 2 is 1.65 bits per heavy atom. The predicted molar refractivity (Wildman–Crippen MR) is 83.4 cm³/mol. The van der Waals surface area contributed by atoms with Crippen LogP contribution in [0.15, 0.2) is 48.5 Å². The summed E-state index contributed by atoms with van der Waals surface area (Å²) in [6, 6.07) is 12.6. The molecule has 0 spiro atoms. The van der Waals surface area contributed by atoms with Crippen LogP contribution in [0.4, 0.5) is 16.2 Å². The van der Waals surface area contributed by atoms with Gasteiger partial charge in [0.1, 0.15) is 0 Å². The molecule has 0 saturated heterocycles. The Morgan fingerprint density at radius 3 is 2.30 bits per heavy atom. The van der Waals surface area contributed by atoms with Crippen molar-refractivity contribution in [1.82, 2.24) is 0 Å². The van der Waals surface area contributed by atoms with Gasteiger partial charge in [-0.2, -0.15) is 0 Å². The highest BCUT2D eigenvalue weighted by Gasteiger charge is 2.36. The first-order chi connectivity index (χ1) is 11.0. The number of anilines is 2. The van der Waals surface area contributed by atoms with Gasteiger partial charge in [0.05, 0.1) is 11.4 Å². The number of amides is 2. The molecule has 1 atom stereocenters. The van der Waals surface area contributed by atoms with Crippen molar-refractivity contribution in [2.45, 2.75) is 13.0 Å². The molecule has 6 heteroatoms. The van der Waals surface area contributed by atoms with Crippen LogP contribution in [0.1, 0.15) is 28.9 Å². The van der Waals surface area contributed by atoms with Gasteiger partial charge < -0.3 is 10.5 Å². The first-order valence-corrected chi connectivity index (χ1v) is 6.99. The Morgan fingerprint density at radius 1 is 1.04 bits per heavy atom. The second kappa shape index (κ2) is 5.57. The van der Waals surface area contributed by atoms with Gasteiger partial charge in [-0.25, -0.2) is 4.79 Å². The van der Waals surface area contributed by atoms with Crippen LogP contribution < -0.4 is 10.6 Å². The normalized spacial score (nSPS) is 16.1. The molecular formula is C17H14N2O4. The third-order valence-corrected chi connectivity index (χ3v) is 3.61. The van der Waals surface area contributed by atoms with Crippen LogP contribution in [0.3, 0.4) is 0 Å². The van der Waals surface area contributed by atoms with Crippen LogP contribution in [0, 0.1) is 0 Å². The van der Waals surface area contributed by atoms with E-state index in [2.05, 4.69) is 0 Å². The number of nitrogens with two attached hydrogens (primary N) is 1. The van der Waals surface area contributed by atoms with Gasteiger partial charge in [-0.05, 0) is 18.2 Å². The van der Waals surface area contributed by atoms with E-state index in [4.69, 9.17) is 10.5 Å². The van der Waals surface area contributed by atoms with Gasteiger partial charge in [0, 0.05) is 18.1 Å². The summed E-state index contributed by atoms with van der Waals surface area (Å²) in [5.41, 5.74) is 7.01. The number of rotatable bonds is 1. The highest BCUT2D eigenvalue weighted by atomic mass is 16.5. The largest absolute Gasteiger partial charge is 0.449 e. The Balaban J connectivity index is 2.32. The SMILES string of the molecule is CC(=O)OC1C(=O)c2ccccc2N(C(N)=O)c2ccccc21. The molecule has 23 heavy (non-hydrogen) atoms. The fourth-order valence-corrected chi connectivity index (χ4v) is 2.72. The highest BCUT2D eigenvalue weighted by Crippen LogP contribution is 2.41. The van der Waals surface area contributed by atoms with Crippen LogP contribution in [0.2, 0.25) is 0 Å². The van der Waals surface area contributed by atoms with Crippen LogP contribution in [-0.4, -0.2) is 17.8 Å². The lowest BCUT2D eigenvalue weighted by molar-refractivity contribution is -0.144. The minimum atomic E-state index is -1.12. The molecule has 3 rings (SSSR count). The zero-order chi connectivity index (χ0) is 16.6. The first kappa shape index (κ1) is 14.8. The van der Waals surface area contributed by atoms with E-state index in [0.717, 1.165) is 0 Å². The van der Waals surface area contributed by atoms with E-state index in [1.807, 2.05) is 0 Å². The van der Waals surface area contributed by atoms with E-state index in [1.165, 1.54) is 11.8 Å². The van der Waals surface area contributed by atoms with Gasteiger partial charge in [-0.15, -0.1) is 0 Å². The lowest BCUT2D eigenvalue weighted by atomic mass is 10.00. The molecule has 0 bridgehead atoms. The number of ketones is 1. The number of benzene rings is 2. The van der Waals surface area contributed by atoms with E-state index in [1.54, 1.807) is 48.5 Å². The minimum absolute atomic E-state index is 0.272. The molecule has 1 unspecified atom stereocenters. The number of urea groups is 1. The monoisotopic (exact) mass is 310 g/mol. The number of primary amides is 1. The number of carbonyl (C=O) groups is 3. The van der Waals surface area contributed by atoms with Crippen LogP contribution in [-0.2, 0) is 9.53 Å². The highest BCUT2D eigenvalue weighted by molar-refractivity contribution is 6.13. The molecule has 1 heterocycles. The van der Waals surface area contributed by atoms with Gasteiger partial charge in [0.25, 0.3) is 0 Å². The van der Waals surface area contributed by atoms with E-state index in [-0.39, 0.29) is 5.56 Å². The number of hydrogen-bond acceptors (Lipinski definition) is 4. The summed E-state index contributed by atoms with van der Waals surface area (Å²) >= 11 is 0. The third kappa shape index (κ3) is 2.44. The fraction of sp³-hybridized carbons (Fsp3) is 0.118. The summed E-state index contributed by atoms with van der Waals surface area (Å²) in [4.78, 5) is 37.5. The van der Waals surface area contributed by atoms with Crippen LogP contribution >= 0.6 is 0 Å². The molecular weight excluding hydrogens is 296 g/mol. The average molecular weight is 310 g/mol. The molecule has 1 aliphatic heterocycles. The zero-order valence-electron chi connectivity index (χ0n) is 12.4. The molecule has 2 amide bonds. The van der Waals surface area contributed by atoms with Crippen molar-refractivity contribution in [2.75, 3.05) is 4.90 Å². The van der Waals surface area contributed by atoms with E-state index < -0.39 is 23.9 Å². The van der Waals surface area contributed by atoms with Crippen molar-refractivity contribution in [3.63, 3.8) is 0 Å². The van der Waals surface area contributed by atoms with Gasteiger partial charge in [-0.3, -0.25) is 14.5 Å². The van der Waals surface area contributed by atoms with Gasteiger partial charge in [0.15, 0.2) is 6.10 Å². The van der Waals surface area contributed by atoms with E-state index in [9.17, 15) is 14.4 Å². The number of fused-ring (bicyclic) bond motifs is 2. The maximum absolute atomic E-state index is 12.8. The second-order valence-electron chi connectivity index (χ2n) is 5.10. The van der Waals surface area contributed by atoms with E-state index >= 15 is 0 Å². The maximum Gasteiger partial charge on any atom is 0.323 e. The fourth-order valence-electron chi connectivity index (χ4n) is 2.72. The maximum atomic E-state index is 12.8. The first-order valence-electron chi connectivity index (χ1n) is 6.99. The molecule has 2 aromatic rings. The van der Waals surface area contributed by atoms with Gasteiger partial charge >= 0.3 is 12.0 Å². The summed E-state index contributed by atoms with van der Waals surface area (Å²) < 4.78 is 5.23. The van der Waals surface area contributed by atoms with Gasteiger partial charge in [-0.1, -0.05) is 30.3 Å². The minimum Gasteiger partial charge on any atom is -0.449 e. The summed E-state index contributed by atoms with van der Waals surface area (Å²) in [7, 11) is 0. The predicted octanol–water partition coefficient (Wildman–Crippen LogP) is 2.70. The molecule has 6 nitrogen and oxygen atoms in total. The second-order valence-corrected chi connectivity index (χ2v) is 5.10. The van der Waals surface area contributed by atoms with Crippen molar-refractivity contribution in [1.29, 1.82) is 0 Å². The number of para-hydroxylation sites is 2. The van der Waals surface area contributed by atoms with Crippen molar-refractivity contribution in [3.8, 4) is 0 Å². The lowest BCUT2D eigenvalue weighted by Gasteiger charge is -2.22. The number of carbonyl (C=O) groups excluding carboxylic acids is 3. The lowest BCUT2D eigenvalue weighted by Crippen LogP contribution is -2.32. The van der Waals surface area contributed by atoms with E-state index in [0.29, 0.717) is 16.9 Å². The zero-order valence-corrected chi connectivity index (χ0v) is 12.4. The topological polar surface area (TPSA) is 89.7 Å². The standard InChI is InChI=1S/C17H14N2O4/c1-10(20)23-16-12-7-3-5-9-14(12)19(17(18)22)13-8-4-2-6-11(13)15(16)21/h2-9,16H,1H3,(H2,18,22). The number of ether oxygens (including phenoxy) is 1. The van der Waals surface area contributed by atoms with Crippen LogP contribution in [0.25, 0.3) is 0 Å². The Kier molecular flexibility index (Phi) is 3.57. The summed E-state index contributed by atoms with van der Waals surface area (Å²) in [6.07, 6.45) is -1.12. The molecule has 2 aromatic carbocycles.